The quantitative estimate of drug-likeness (QED) is 0.376. The van der Waals surface area contributed by atoms with Crippen LogP contribution in [-0.2, 0) is 11.3 Å². The van der Waals surface area contributed by atoms with Gasteiger partial charge in [0.05, 0.1) is 13.7 Å². The Balaban J connectivity index is 1.65. The van der Waals surface area contributed by atoms with Gasteiger partial charge < -0.3 is 29.4 Å². The van der Waals surface area contributed by atoms with Crippen LogP contribution >= 0.6 is 0 Å². The Hall–Kier alpha value is -4.46. The third kappa shape index (κ3) is 6.65. The molecule has 14 heteroatoms. The molecule has 3 atom stereocenters. The molecular formula is C27H24F5N3O6. The van der Waals surface area contributed by atoms with Crippen LogP contribution in [0.5, 0.6) is 11.5 Å². The Morgan fingerprint density at radius 3 is 2.27 bits per heavy atom. The number of aliphatic hydroxyl groups excluding tert-OH is 1. The summed E-state index contributed by atoms with van der Waals surface area (Å²) in [5.74, 6) is -1.77. The normalized spacial score (nSPS) is 18.0. The molecular weight excluding hydrogens is 557 g/mol. The fourth-order valence-electron chi connectivity index (χ4n) is 4.44. The van der Waals surface area contributed by atoms with Crippen molar-refractivity contribution in [1.82, 2.24) is 9.88 Å². The zero-order chi connectivity index (χ0) is 29.9. The second-order valence-corrected chi connectivity index (χ2v) is 9.09. The molecule has 0 saturated carbocycles. The van der Waals surface area contributed by atoms with E-state index in [1.807, 2.05) is 0 Å². The fourth-order valence-corrected chi connectivity index (χ4v) is 4.44. The van der Waals surface area contributed by atoms with Crippen molar-refractivity contribution < 1.29 is 46.1 Å². The molecule has 1 unspecified atom stereocenters. The molecule has 1 aliphatic rings. The number of hydrogen-bond donors (Lipinski definition) is 2. The number of benzene rings is 2. The molecule has 1 aliphatic heterocycles. The van der Waals surface area contributed by atoms with E-state index in [1.54, 1.807) is 24.3 Å². The van der Waals surface area contributed by atoms with Crippen LogP contribution in [0, 0.1) is 0 Å². The van der Waals surface area contributed by atoms with Crippen molar-refractivity contribution in [3.8, 4) is 11.5 Å². The van der Waals surface area contributed by atoms with E-state index in [9.17, 15) is 41.4 Å². The third-order valence-corrected chi connectivity index (χ3v) is 6.52. The van der Waals surface area contributed by atoms with E-state index in [0.29, 0.717) is 15.9 Å². The van der Waals surface area contributed by atoms with E-state index in [4.69, 9.17) is 4.74 Å². The first kappa shape index (κ1) is 29.5. The average Bonchev–Trinajstić information content (AvgIpc) is 3.24. The first-order valence-corrected chi connectivity index (χ1v) is 12.1. The van der Waals surface area contributed by atoms with Crippen molar-refractivity contribution in [3.05, 3.63) is 88.3 Å². The van der Waals surface area contributed by atoms with Crippen molar-refractivity contribution in [3.63, 3.8) is 0 Å². The number of halogens is 5. The highest BCUT2D eigenvalue weighted by Crippen LogP contribution is 2.32. The van der Waals surface area contributed by atoms with Crippen LogP contribution in [0.4, 0.5) is 27.6 Å². The van der Waals surface area contributed by atoms with E-state index >= 15 is 0 Å². The van der Waals surface area contributed by atoms with Crippen LogP contribution in [0.1, 0.15) is 21.8 Å². The SMILES string of the molecule is COc1ccc([C@@H]2CN(c3cccn(CC(O)C(F)(F)F)c3=O)C(=O)[C@H]2NC(=O)c2ccc(OC(F)F)cc2)cc1. The second kappa shape index (κ2) is 12.0. The minimum Gasteiger partial charge on any atom is -0.497 e. The monoisotopic (exact) mass is 581 g/mol. The zero-order valence-corrected chi connectivity index (χ0v) is 21.3. The van der Waals surface area contributed by atoms with Crippen molar-refractivity contribution in [1.29, 1.82) is 0 Å². The van der Waals surface area contributed by atoms with Gasteiger partial charge in [-0.1, -0.05) is 12.1 Å². The molecule has 9 nitrogen and oxygen atoms in total. The maximum absolute atomic E-state index is 13.6. The molecule has 218 valence electrons. The molecule has 2 aromatic carbocycles. The highest BCUT2D eigenvalue weighted by Gasteiger charge is 2.44. The van der Waals surface area contributed by atoms with Gasteiger partial charge in [-0.3, -0.25) is 14.4 Å². The summed E-state index contributed by atoms with van der Waals surface area (Å²) < 4.78 is 73.7. The number of aliphatic hydroxyl groups is 1. The third-order valence-electron chi connectivity index (χ3n) is 6.52. The Kier molecular flexibility index (Phi) is 8.61. The smallest absolute Gasteiger partial charge is 0.416 e. The van der Waals surface area contributed by atoms with Crippen LogP contribution in [0.25, 0.3) is 0 Å². The minimum atomic E-state index is -4.96. The Morgan fingerprint density at radius 1 is 1.05 bits per heavy atom. The maximum atomic E-state index is 13.6. The van der Waals surface area contributed by atoms with Gasteiger partial charge in [0.2, 0.25) is 5.91 Å². The molecule has 4 rings (SSSR count). The zero-order valence-electron chi connectivity index (χ0n) is 21.3. The fraction of sp³-hybridized carbons (Fsp3) is 0.296. The molecule has 0 bridgehead atoms. The standard InChI is InChI=1S/C27H24F5N3O6/c1-40-17-8-4-15(5-9-17)19-13-35(20-3-2-12-34(24(20)38)14-21(36)27(30,31)32)25(39)22(19)33-23(37)16-6-10-18(11-7-16)41-26(28)29/h2-12,19,21-22,26,36H,13-14H2,1H3,(H,33,37)/t19-,21?,22-/m0/s1. The van der Waals surface area contributed by atoms with Gasteiger partial charge >= 0.3 is 12.8 Å². The summed E-state index contributed by atoms with van der Waals surface area (Å²) >= 11 is 0. The Bertz CT molecular complexity index is 1440. The summed E-state index contributed by atoms with van der Waals surface area (Å²) in [6.07, 6.45) is -6.71. The predicted molar refractivity (Wildman–Crippen MR) is 135 cm³/mol. The molecule has 2 N–H and O–H groups in total. The summed E-state index contributed by atoms with van der Waals surface area (Å²) in [7, 11) is 1.46. The number of rotatable bonds is 9. The first-order valence-electron chi connectivity index (χ1n) is 12.1. The van der Waals surface area contributed by atoms with Crippen LogP contribution < -0.4 is 25.2 Å². The highest BCUT2D eigenvalue weighted by atomic mass is 19.4. The average molecular weight is 581 g/mol. The number of amides is 2. The molecule has 2 heterocycles. The highest BCUT2D eigenvalue weighted by molar-refractivity contribution is 6.05. The lowest BCUT2D eigenvalue weighted by Gasteiger charge is -2.19. The largest absolute Gasteiger partial charge is 0.497 e. The van der Waals surface area contributed by atoms with Crippen molar-refractivity contribution in [2.45, 2.75) is 37.4 Å². The van der Waals surface area contributed by atoms with Gasteiger partial charge in [-0.05, 0) is 54.1 Å². The van der Waals surface area contributed by atoms with Gasteiger partial charge in [-0.2, -0.15) is 22.0 Å². The lowest BCUT2D eigenvalue weighted by Crippen LogP contribution is -2.44. The van der Waals surface area contributed by atoms with E-state index in [2.05, 4.69) is 10.1 Å². The van der Waals surface area contributed by atoms with Gasteiger partial charge in [0.25, 0.3) is 11.5 Å². The maximum Gasteiger partial charge on any atom is 0.416 e. The van der Waals surface area contributed by atoms with Crippen molar-refractivity contribution >= 4 is 17.5 Å². The number of carbonyl (C=O) groups excluding carboxylic acids is 2. The molecule has 3 aromatic rings. The van der Waals surface area contributed by atoms with Gasteiger partial charge in [0, 0.05) is 24.2 Å². The van der Waals surface area contributed by atoms with E-state index in [-0.39, 0.29) is 23.5 Å². The summed E-state index contributed by atoms with van der Waals surface area (Å²) in [6, 6.07) is 12.7. The number of ether oxygens (including phenoxy) is 2. The minimum absolute atomic E-state index is 0.0366. The number of nitrogens with one attached hydrogen (secondary N) is 1. The molecule has 1 fully saturated rings. The molecule has 0 aliphatic carbocycles. The number of anilines is 1. The summed E-state index contributed by atoms with van der Waals surface area (Å²) in [5, 5.41) is 12.1. The van der Waals surface area contributed by atoms with Gasteiger partial charge in [-0.25, -0.2) is 0 Å². The van der Waals surface area contributed by atoms with Crippen molar-refractivity contribution in [2.75, 3.05) is 18.6 Å². The van der Waals surface area contributed by atoms with Crippen LogP contribution in [-0.4, -0.2) is 60.1 Å². The van der Waals surface area contributed by atoms with E-state index < -0.39 is 54.8 Å². The van der Waals surface area contributed by atoms with Gasteiger partial charge in [-0.15, -0.1) is 0 Å². The van der Waals surface area contributed by atoms with E-state index in [0.717, 1.165) is 23.2 Å². The molecule has 0 spiro atoms. The number of methoxy groups -OCH3 is 1. The van der Waals surface area contributed by atoms with Crippen LogP contribution in [0.3, 0.4) is 0 Å². The number of hydrogen-bond acceptors (Lipinski definition) is 6. The molecule has 2 amide bonds. The molecule has 41 heavy (non-hydrogen) atoms. The number of pyridine rings is 1. The number of alkyl halides is 5. The predicted octanol–water partition coefficient (Wildman–Crippen LogP) is 3.31. The summed E-state index contributed by atoms with van der Waals surface area (Å²) in [5.41, 5.74) is -0.555. The number of carbonyl (C=O) groups is 2. The van der Waals surface area contributed by atoms with E-state index in [1.165, 1.54) is 31.4 Å². The molecule has 1 aromatic heterocycles. The lowest BCUT2D eigenvalue weighted by molar-refractivity contribution is -0.207. The summed E-state index contributed by atoms with van der Waals surface area (Å²) in [4.78, 5) is 40.8. The molecule has 1 saturated heterocycles. The second-order valence-electron chi connectivity index (χ2n) is 9.09. The number of nitrogens with zero attached hydrogens (tertiary/aromatic N) is 2. The molecule has 0 radical (unpaired) electrons. The lowest BCUT2D eigenvalue weighted by atomic mass is 9.93. The Morgan fingerprint density at radius 2 is 1.68 bits per heavy atom. The van der Waals surface area contributed by atoms with Crippen LogP contribution in [0.2, 0.25) is 0 Å². The van der Waals surface area contributed by atoms with Gasteiger partial charge in [0.1, 0.15) is 23.2 Å². The van der Waals surface area contributed by atoms with Gasteiger partial charge in [0.15, 0.2) is 6.10 Å². The summed E-state index contributed by atoms with van der Waals surface area (Å²) in [6.45, 7) is -4.24. The van der Waals surface area contributed by atoms with Crippen molar-refractivity contribution in [2.24, 2.45) is 0 Å². The Labute approximate surface area is 229 Å². The topological polar surface area (TPSA) is 110 Å². The van der Waals surface area contributed by atoms with Crippen LogP contribution in [0.15, 0.2) is 71.7 Å². The number of aromatic nitrogens is 1. The first-order chi connectivity index (χ1) is 19.4.